The van der Waals surface area contributed by atoms with Crippen molar-refractivity contribution in [1.29, 1.82) is 0 Å². The van der Waals surface area contributed by atoms with Crippen molar-refractivity contribution in [3.8, 4) is 0 Å². The molecule has 2 aromatic carbocycles. The van der Waals surface area contributed by atoms with Crippen LogP contribution in [0, 0.1) is 0 Å². The number of aliphatic carboxylic acids is 1. The molecule has 0 fully saturated rings. The number of rotatable bonds is 4. The van der Waals surface area contributed by atoms with E-state index in [1.165, 1.54) is 0 Å². The number of alkyl halides is 1. The minimum Gasteiger partial charge on any atom is -0.479 e. The summed E-state index contributed by atoms with van der Waals surface area (Å²) in [5.74, 6) is -0.957. The number of carboxylic acid groups (broad SMARTS) is 1. The minimum absolute atomic E-state index is 0.785. The summed E-state index contributed by atoms with van der Waals surface area (Å²) in [6, 6.07) is 17.0. The van der Waals surface area contributed by atoms with Gasteiger partial charge in [-0.25, -0.2) is 4.79 Å². The molecule has 1 atom stereocenters. The molecule has 0 amide bonds. The van der Waals surface area contributed by atoms with Crippen LogP contribution < -0.4 is 4.90 Å². The maximum Gasteiger partial charge on any atom is 0.340 e. The molecule has 5 heteroatoms. The van der Waals surface area contributed by atoms with Crippen LogP contribution in [0.15, 0.2) is 59.1 Å². The fourth-order valence-corrected chi connectivity index (χ4v) is 2.72. The van der Waals surface area contributed by atoms with Crippen molar-refractivity contribution >= 4 is 49.2 Å². The molecule has 0 radical (unpaired) electrons. The van der Waals surface area contributed by atoms with E-state index in [4.69, 9.17) is 0 Å². The average molecular weight is 399 g/mol. The number of carboxylic acids is 1. The predicted octanol–water partition coefficient (Wildman–Crippen LogP) is 4.78. The number of benzene rings is 2. The van der Waals surface area contributed by atoms with Gasteiger partial charge in [0.25, 0.3) is 0 Å². The van der Waals surface area contributed by atoms with Gasteiger partial charge in [-0.1, -0.05) is 40.2 Å². The summed E-state index contributed by atoms with van der Waals surface area (Å²) in [6.45, 7) is 1.61. The van der Waals surface area contributed by atoms with Gasteiger partial charge < -0.3 is 10.0 Å². The van der Waals surface area contributed by atoms with Gasteiger partial charge in [-0.2, -0.15) is 0 Å². The largest absolute Gasteiger partial charge is 0.479 e. The highest BCUT2D eigenvalue weighted by molar-refractivity contribution is 9.10. The molecule has 2 aromatic rings. The second-order valence-corrected chi connectivity index (χ2v) is 6.87. The van der Waals surface area contributed by atoms with E-state index in [9.17, 15) is 9.90 Å². The fraction of sp³-hybridized carbons (Fsp3) is 0.133. The highest BCUT2D eigenvalue weighted by Gasteiger charge is 2.38. The molecule has 0 aliphatic heterocycles. The van der Waals surface area contributed by atoms with Crippen LogP contribution in [-0.2, 0) is 4.79 Å². The molecule has 0 spiro atoms. The maximum atomic E-state index is 11.6. The summed E-state index contributed by atoms with van der Waals surface area (Å²) in [7, 11) is 0. The number of anilines is 2. The van der Waals surface area contributed by atoms with Crippen LogP contribution >= 0.6 is 31.9 Å². The van der Waals surface area contributed by atoms with Crippen LogP contribution in [0.4, 0.5) is 11.4 Å². The first-order chi connectivity index (χ1) is 9.43. The Morgan fingerprint density at radius 1 is 1.10 bits per heavy atom. The van der Waals surface area contributed by atoms with Crippen molar-refractivity contribution in [2.45, 2.75) is 11.4 Å². The topological polar surface area (TPSA) is 40.5 Å². The van der Waals surface area contributed by atoms with E-state index in [1.54, 1.807) is 11.8 Å². The van der Waals surface area contributed by atoms with Crippen molar-refractivity contribution < 1.29 is 9.90 Å². The van der Waals surface area contributed by atoms with Crippen LogP contribution in [0.1, 0.15) is 6.92 Å². The molecular formula is C15H13Br2NO2. The highest BCUT2D eigenvalue weighted by atomic mass is 79.9. The van der Waals surface area contributed by atoms with Gasteiger partial charge in [0, 0.05) is 15.8 Å². The molecule has 104 valence electrons. The molecule has 2 rings (SSSR count). The van der Waals surface area contributed by atoms with E-state index in [2.05, 4.69) is 31.9 Å². The Hall–Kier alpha value is -1.33. The standard InChI is InChI=1S/C15H13Br2NO2/c1-15(17,14(19)20)18(12-7-3-2-4-8-12)13-9-5-6-11(16)10-13/h2-10H,1H3,(H,19,20)/t15-/m0/s1. The highest BCUT2D eigenvalue weighted by Crippen LogP contribution is 2.37. The van der Waals surface area contributed by atoms with E-state index in [-0.39, 0.29) is 0 Å². The molecule has 0 aromatic heterocycles. The number of halogens is 2. The van der Waals surface area contributed by atoms with Crippen LogP contribution in [-0.4, -0.2) is 15.5 Å². The Kier molecular flexibility index (Phi) is 4.50. The molecule has 0 heterocycles. The summed E-state index contributed by atoms with van der Waals surface area (Å²) in [5, 5.41) is 9.50. The van der Waals surface area contributed by atoms with E-state index >= 15 is 0 Å². The second-order valence-electron chi connectivity index (χ2n) is 4.41. The van der Waals surface area contributed by atoms with E-state index in [0.29, 0.717) is 0 Å². The Bertz CT molecular complexity index is 614. The van der Waals surface area contributed by atoms with Gasteiger partial charge in [0.15, 0.2) is 4.45 Å². The fourth-order valence-electron chi connectivity index (χ4n) is 1.92. The van der Waals surface area contributed by atoms with Gasteiger partial charge in [0.2, 0.25) is 0 Å². The number of hydrogen-bond acceptors (Lipinski definition) is 2. The van der Waals surface area contributed by atoms with Gasteiger partial charge in [0.05, 0.1) is 0 Å². The monoisotopic (exact) mass is 397 g/mol. The maximum absolute atomic E-state index is 11.6. The van der Waals surface area contributed by atoms with Gasteiger partial charge >= 0.3 is 5.97 Å². The first kappa shape index (κ1) is 15.1. The molecule has 0 saturated carbocycles. The Morgan fingerprint density at radius 3 is 2.25 bits per heavy atom. The molecular weight excluding hydrogens is 386 g/mol. The number of carbonyl (C=O) groups is 1. The number of para-hydroxylation sites is 1. The molecule has 0 aliphatic carbocycles. The number of nitrogens with zero attached hydrogens (tertiary/aromatic N) is 1. The van der Waals surface area contributed by atoms with Crippen molar-refractivity contribution in [2.24, 2.45) is 0 Å². The second kappa shape index (κ2) is 5.97. The molecule has 3 nitrogen and oxygen atoms in total. The lowest BCUT2D eigenvalue weighted by atomic mass is 10.1. The van der Waals surface area contributed by atoms with Crippen LogP contribution in [0.25, 0.3) is 0 Å². The third-order valence-corrected chi connectivity index (χ3v) is 4.08. The quantitative estimate of drug-likeness (QED) is 0.594. The summed E-state index contributed by atoms with van der Waals surface area (Å²) in [4.78, 5) is 13.3. The van der Waals surface area contributed by atoms with Gasteiger partial charge in [-0.3, -0.25) is 0 Å². The van der Waals surface area contributed by atoms with Crippen molar-refractivity contribution in [2.75, 3.05) is 4.90 Å². The van der Waals surface area contributed by atoms with Crippen LogP contribution in [0.3, 0.4) is 0 Å². The predicted molar refractivity (Wildman–Crippen MR) is 87.7 cm³/mol. The minimum atomic E-state index is -1.24. The lowest BCUT2D eigenvalue weighted by Gasteiger charge is -2.35. The zero-order valence-corrected chi connectivity index (χ0v) is 13.9. The normalized spacial score (nSPS) is 13.6. The van der Waals surface area contributed by atoms with E-state index in [0.717, 1.165) is 15.8 Å². The SMILES string of the molecule is C[C@@](Br)(C(=O)O)N(c1ccccc1)c1cccc(Br)c1. The summed E-state index contributed by atoms with van der Waals surface area (Å²) in [5.41, 5.74) is 1.58. The van der Waals surface area contributed by atoms with Gasteiger partial charge in [-0.15, -0.1) is 0 Å². The third kappa shape index (κ3) is 3.04. The molecule has 0 aliphatic rings. The van der Waals surface area contributed by atoms with Crippen LogP contribution in [0.2, 0.25) is 0 Å². The molecule has 1 N–H and O–H groups in total. The Balaban J connectivity index is 2.59. The first-order valence-corrected chi connectivity index (χ1v) is 7.54. The summed E-state index contributed by atoms with van der Waals surface area (Å²) < 4.78 is -0.348. The van der Waals surface area contributed by atoms with Gasteiger partial charge in [0.1, 0.15) is 0 Å². The zero-order valence-electron chi connectivity index (χ0n) is 10.8. The first-order valence-electron chi connectivity index (χ1n) is 5.96. The van der Waals surface area contributed by atoms with Crippen molar-refractivity contribution in [3.63, 3.8) is 0 Å². The van der Waals surface area contributed by atoms with Gasteiger partial charge in [-0.05, 0) is 53.2 Å². The lowest BCUT2D eigenvalue weighted by Crippen LogP contribution is -2.44. The molecule has 0 unspecified atom stereocenters. The molecule has 0 saturated heterocycles. The van der Waals surface area contributed by atoms with E-state index < -0.39 is 10.4 Å². The molecule has 20 heavy (non-hydrogen) atoms. The molecule has 0 bridgehead atoms. The smallest absolute Gasteiger partial charge is 0.340 e. The van der Waals surface area contributed by atoms with Crippen molar-refractivity contribution in [1.82, 2.24) is 0 Å². The van der Waals surface area contributed by atoms with Crippen LogP contribution in [0.5, 0.6) is 0 Å². The zero-order chi connectivity index (χ0) is 14.8. The number of hydrogen-bond donors (Lipinski definition) is 1. The van der Waals surface area contributed by atoms with Crippen molar-refractivity contribution in [3.05, 3.63) is 59.1 Å². The Labute approximate surface area is 134 Å². The average Bonchev–Trinajstić information content (AvgIpc) is 2.40. The lowest BCUT2D eigenvalue weighted by molar-refractivity contribution is -0.138. The Morgan fingerprint density at radius 2 is 1.70 bits per heavy atom. The third-order valence-electron chi connectivity index (χ3n) is 2.89. The summed E-state index contributed by atoms with van der Waals surface area (Å²) in [6.07, 6.45) is 0. The van der Waals surface area contributed by atoms with E-state index in [1.807, 2.05) is 54.6 Å². The summed E-state index contributed by atoms with van der Waals surface area (Å²) >= 11 is 6.74.